The fraction of sp³-hybridized carbons (Fsp3) is 0. The number of thiol groups is 1. The number of carbonyl (C=O) groups excluding carboxylic acids is 1. The van der Waals surface area contributed by atoms with Gasteiger partial charge in [-0.25, -0.2) is 0 Å². The molecule has 0 aliphatic carbocycles. The number of carbonyl (C=O) groups is 1. The number of thiocarbonyl (C=S) groups is 1. The summed E-state index contributed by atoms with van der Waals surface area (Å²) < 4.78 is 4.81. The van der Waals surface area contributed by atoms with E-state index in [1.54, 1.807) is 18.3 Å². The summed E-state index contributed by atoms with van der Waals surface area (Å²) in [6, 6.07) is 3.53. The Labute approximate surface area is 92.0 Å². The summed E-state index contributed by atoms with van der Waals surface area (Å²) in [5.41, 5.74) is 9.41. The van der Waals surface area contributed by atoms with Gasteiger partial charge in [-0.1, -0.05) is 12.6 Å². The van der Waals surface area contributed by atoms with Crippen LogP contribution in [0.1, 0.15) is 0 Å². The minimum absolute atomic E-state index is 0. The molecule has 0 unspecified atom stereocenters. The van der Waals surface area contributed by atoms with Crippen molar-refractivity contribution in [2.45, 2.75) is 0 Å². The van der Waals surface area contributed by atoms with Crippen molar-refractivity contribution in [3.8, 4) is 5.88 Å². The van der Waals surface area contributed by atoms with E-state index in [0.717, 1.165) is 0 Å². The third-order valence-corrected chi connectivity index (χ3v) is 0.863. The lowest BCUT2D eigenvalue weighted by Crippen LogP contribution is -2.15. The second-order valence-electron chi connectivity index (χ2n) is 1.79. The first-order valence-electron chi connectivity index (χ1n) is 3.11. The molecule has 1 rings (SSSR count). The van der Waals surface area contributed by atoms with Crippen molar-refractivity contribution < 1.29 is 9.53 Å². The molecule has 8 heteroatoms. The molecule has 0 aromatic carbocycles. The van der Waals surface area contributed by atoms with Gasteiger partial charge in [0.25, 0.3) is 10.4 Å². The molecule has 0 atom stereocenters. The molecular weight excluding hydrogens is 224 g/mol. The molecule has 0 spiro atoms. The third-order valence-electron chi connectivity index (χ3n) is 0.780. The highest BCUT2D eigenvalue weighted by atomic mass is 32.1. The summed E-state index contributed by atoms with van der Waals surface area (Å²) >= 11 is 7.58. The standard InChI is InChI=1S/C5H6N2OS.CH3NOS.H3N/c6-5(9)8-4-2-1-3-7-4;2-1(3)4;/h1-3,7H,(H2,6,9);(H3,2,3,4);1H3. The topological polar surface area (TPSA) is 129 Å². The van der Waals surface area contributed by atoms with Gasteiger partial charge in [0.15, 0.2) is 5.88 Å². The van der Waals surface area contributed by atoms with Crippen molar-refractivity contribution in [1.82, 2.24) is 11.1 Å². The third kappa shape index (κ3) is 10.8. The van der Waals surface area contributed by atoms with Crippen LogP contribution in [0.15, 0.2) is 18.3 Å². The van der Waals surface area contributed by atoms with E-state index >= 15 is 0 Å². The molecule has 0 aliphatic heterocycles. The molecule has 1 aromatic rings. The SMILES string of the molecule is N.NC(=O)S.NC(=S)Oc1ccc[nH]1. The molecule has 8 N–H and O–H groups in total. The lowest BCUT2D eigenvalue weighted by Gasteiger charge is -1.95. The fourth-order valence-corrected chi connectivity index (χ4v) is 0.576. The zero-order valence-electron chi connectivity index (χ0n) is 7.27. The number of nitrogens with two attached hydrogens (primary N) is 2. The number of hydrogen-bond donors (Lipinski definition) is 5. The molecule has 0 bridgehead atoms. The average molecular weight is 236 g/mol. The number of aromatic amines is 1. The number of amides is 1. The molecule has 0 fully saturated rings. The smallest absolute Gasteiger partial charge is 0.273 e. The van der Waals surface area contributed by atoms with E-state index in [-0.39, 0.29) is 11.3 Å². The molecule has 0 aliphatic rings. The second-order valence-corrected chi connectivity index (χ2v) is 2.64. The van der Waals surface area contributed by atoms with Crippen LogP contribution < -0.4 is 22.4 Å². The fourth-order valence-electron chi connectivity index (χ4n) is 0.486. The van der Waals surface area contributed by atoms with E-state index < -0.39 is 5.24 Å². The van der Waals surface area contributed by atoms with E-state index in [0.29, 0.717) is 5.88 Å². The van der Waals surface area contributed by atoms with Crippen LogP contribution in [0, 0.1) is 0 Å². The summed E-state index contributed by atoms with van der Waals surface area (Å²) in [6.45, 7) is 0. The monoisotopic (exact) mass is 236 g/mol. The molecule has 1 aromatic heterocycles. The van der Waals surface area contributed by atoms with Gasteiger partial charge in [-0.2, -0.15) is 0 Å². The van der Waals surface area contributed by atoms with Crippen LogP contribution in [-0.4, -0.2) is 15.4 Å². The lowest BCUT2D eigenvalue weighted by atomic mass is 10.7. The van der Waals surface area contributed by atoms with Gasteiger partial charge in [0.05, 0.1) is 0 Å². The van der Waals surface area contributed by atoms with E-state index in [4.69, 9.17) is 15.3 Å². The predicted octanol–water partition coefficient (Wildman–Crippen LogP) is 0.794. The molecule has 14 heavy (non-hydrogen) atoms. The zero-order chi connectivity index (χ0) is 10.3. The molecule has 0 saturated carbocycles. The van der Waals surface area contributed by atoms with Crippen LogP contribution in [0.4, 0.5) is 4.79 Å². The molecule has 0 saturated heterocycles. The Morgan fingerprint density at radius 3 is 2.36 bits per heavy atom. The number of rotatable bonds is 1. The first-order chi connectivity index (χ1) is 6.02. The quantitative estimate of drug-likeness (QED) is 0.363. The molecule has 1 heterocycles. The second kappa shape index (κ2) is 8.35. The van der Waals surface area contributed by atoms with Crippen LogP contribution in [0.2, 0.25) is 0 Å². The lowest BCUT2D eigenvalue weighted by molar-refractivity contribution is 0.267. The first kappa shape index (κ1) is 15.2. The van der Waals surface area contributed by atoms with Crippen molar-refractivity contribution in [3.05, 3.63) is 18.3 Å². The summed E-state index contributed by atoms with van der Waals surface area (Å²) in [5.74, 6) is 0.572. The Morgan fingerprint density at radius 2 is 2.07 bits per heavy atom. The molecule has 0 radical (unpaired) electrons. The maximum atomic E-state index is 9.09. The molecule has 6 nitrogen and oxygen atoms in total. The summed E-state index contributed by atoms with van der Waals surface area (Å²) in [6.07, 6.45) is 1.73. The van der Waals surface area contributed by atoms with Gasteiger partial charge in [0, 0.05) is 12.3 Å². The maximum Gasteiger partial charge on any atom is 0.273 e. The summed E-state index contributed by atoms with van der Waals surface area (Å²) in [4.78, 5) is 11.9. The van der Waals surface area contributed by atoms with Gasteiger partial charge in [-0.15, -0.1) is 0 Å². The Hall–Kier alpha value is -1.25. The Morgan fingerprint density at radius 1 is 1.57 bits per heavy atom. The minimum atomic E-state index is -0.639. The number of aromatic nitrogens is 1. The largest absolute Gasteiger partial charge is 0.415 e. The van der Waals surface area contributed by atoms with Crippen LogP contribution in [0.25, 0.3) is 0 Å². The van der Waals surface area contributed by atoms with Crippen molar-refractivity contribution in [2.75, 3.05) is 0 Å². The van der Waals surface area contributed by atoms with E-state index in [9.17, 15) is 0 Å². The number of H-pyrrole nitrogens is 1. The normalized spacial score (nSPS) is 7.50. The number of nitrogens with one attached hydrogen (secondary N) is 1. The highest BCUT2D eigenvalue weighted by Gasteiger charge is 1.91. The first-order valence-corrected chi connectivity index (χ1v) is 3.97. The average Bonchev–Trinajstić information content (AvgIpc) is 2.36. The van der Waals surface area contributed by atoms with Crippen molar-refractivity contribution in [3.63, 3.8) is 0 Å². The number of hydrogen-bond acceptors (Lipinski definition) is 4. The molecular formula is C6H12N4O2S2. The predicted molar refractivity (Wildman–Crippen MR) is 61.8 cm³/mol. The highest BCUT2D eigenvalue weighted by molar-refractivity contribution is 7.96. The number of primary amides is 1. The zero-order valence-corrected chi connectivity index (χ0v) is 8.98. The maximum absolute atomic E-state index is 9.09. The van der Waals surface area contributed by atoms with Gasteiger partial charge < -0.3 is 27.3 Å². The van der Waals surface area contributed by atoms with Gasteiger partial charge in [-0.3, -0.25) is 4.79 Å². The van der Waals surface area contributed by atoms with Gasteiger partial charge in [-0.05, 0) is 18.3 Å². The summed E-state index contributed by atoms with van der Waals surface area (Å²) in [7, 11) is 0. The van der Waals surface area contributed by atoms with E-state index in [1.807, 2.05) is 0 Å². The van der Waals surface area contributed by atoms with Crippen LogP contribution in [0.3, 0.4) is 0 Å². The van der Waals surface area contributed by atoms with Crippen molar-refractivity contribution >= 4 is 35.3 Å². The molecule has 80 valence electrons. The van der Waals surface area contributed by atoms with Crippen LogP contribution in [-0.2, 0) is 0 Å². The van der Waals surface area contributed by atoms with Crippen molar-refractivity contribution in [1.29, 1.82) is 0 Å². The number of ether oxygens (including phenoxy) is 1. The van der Waals surface area contributed by atoms with Gasteiger partial charge >= 0.3 is 0 Å². The molecule has 1 amide bonds. The Balaban J connectivity index is 0. The van der Waals surface area contributed by atoms with Gasteiger partial charge in [0.1, 0.15) is 0 Å². The van der Waals surface area contributed by atoms with Crippen LogP contribution in [0.5, 0.6) is 5.88 Å². The highest BCUT2D eigenvalue weighted by Crippen LogP contribution is 2.03. The Kier molecular flexibility index (Phi) is 9.09. The van der Waals surface area contributed by atoms with Crippen molar-refractivity contribution in [2.24, 2.45) is 11.5 Å². The van der Waals surface area contributed by atoms with E-state index in [2.05, 4.69) is 35.6 Å². The van der Waals surface area contributed by atoms with E-state index in [1.165, 1.54) is 0 Å². The Bertz CT molecular complexity index is 271. The van der Waals surface area contributed by atoms with Gasteiger partial charge in [0.2, 0.25) is 0 Å². The van der Waals surface area contributed by atoms with Crippen LogP contribution >= 0.6 is 24.8 Å². The minimum Gasteiger partial charge on any atom is -0.415 e. The summed E-state index contributed by atoms with van der Waals surface area (Å²) in [5, 5.41) is -0.613.